The molecule has 6 heteroatoms. The molecular formula is C20H21N3OS2. The molecule has 1 aliphatic rings. The van der Waals surface area contributed by atoms with Gasteiger partial charge in [-0.2, -0.15) is 11.3 Å². The standard InChI is InChI=1S/C20H21N3OS2/c24-19(18-14-26-20(22-18)16-8-11-25-13-16)21-17-6-9-23(10-7-17)12-15-4-2-1-3-5-15/h1-5,8,11,13-14,17H,6-7,9-10,12H2,(H,21,24). The van der Waals surface area contributed by atoms with E-state index in [9.17, 15) is 4.79 Å². The van der Waals surface area contributed by atoms with Gasteiger partial charge >= 0.3 is 0 Å². The molecule has 4 rings (SSSR count). The minimum absolute atomic E-state index is 0.0516. The van der Waals surface area contributed by atoms with Crippen LogP contribution in [0.3, 0.4) is 0 Å². The summed E-state index contributed by atoms with van der Waals surface area (Å²) in [6, 6.07) is 12.8. The summed E-state index contributed by atoms with van der Waals surface area (Å²) in [4.78, 5) is 19.4. The monoisotopic (exact) mass is 383 g/mol. The van der Waals surface area contributed by atoms with Gasteiger partial charge in [-0.15, -0.1) is 11.3 Å². The number of nitrogens with one attached hydrogen (secondary N) is 1. The molecule has 0 bridgehead atoms. The summed E-state index contributed by atoms with van der Waals surface area (Å²) < 4.78 is 0. The maximum Gasteiger partial charge on any atom is 0.270 e. The van der Waals surface area contributed by atoms with Gasteiger partial charge in [-0.25, -0.2) is 4.98 Å². The Bertz CT molecular complexity index is 837. The van der Waals surface area contributed by atoms with Crippen molar-refractivity contribution in [2.24, 2.45) is 0 Å². The van der Waals surface area contributed by atoms with E-state index in [-0.39, 0.29) is 11.9 Å². The van der Waals surface area contributed by atoms with Crippen molar-refractivity contribution in [3.63, 3.8) is 0 Å². The lowest BCUT2D eigenvalue weighted by Gasteiger charge is -2.32. The fourth-order valence-electron chi connectivity index (χ4n) is 3.23. The number of carbonyl (C=O) groups is 1. The fraction of sp³-hybridized carbons (Fsp3) is 0.300. The van der Waals surface area contributed by atoms with E-state index in [0.717, 1.165) is 43.0 Å². The number of piperidine rings is 1. The first kappa shape index (κ1) is 17.4. The van der Waals surface area contributed by atoms with E-state index in [1.807, 2.05) is 22.9 Å². The molecule has 26 heavy (non-hydrogen) atoms. The number of nitrogens with zero attached hydrogens (tertiary/aromatic N) is 2. The molecule has 1 fully saturated rings. The highest BCUT2D eigenvalue weighted by molar-refractivity contribution is 7.14. The number of thiazole rings is 1. The normalized spacial score (nSPS) is 15.8. The van der Waals surface area contributed by atoms with Gasteiger partial charge in [0, 0.05) is 42.0 Å². The molecule has 0 saturated carbocycles. The number of benzene rings is 1. The van der Waals surface area contributed by atoms with Crippen molar-refractivity contribution in [2.45, 2.75) is 25.4 Å². The predicted octanol–water partition coefficient (Wildman–Crippen LogP) is 4.27. The first-order valence-electron chi connectivity index (χ1n) is 8.83. The minimum atomic E-state index is -0.0516. The second kappa shape index (κ2) is 8.12. The van der Waals surface area contributed by atoms with Crippen molar-refractivity contribution < 1.29 is 4.79 Å². The Morgan fingerprint density at radius 1 is 1.15 bits per heavy atom. The summed E-state index contributed by atoms with van der Waals surface area (Å²) in [7, 11) is 0. The largest absolute Gasteiger partial charge is 0.348 e. The lowest BCUT2D eigenvalue weighted by Crippen LogP contribution is -2.44. The van der Waals surface area contributed by atoms with Crippen molar-refractivity contribution in [3.8, 4) is 10.6 Å². The van der Waals surface area contributed by atoms with Gasteiger partial charge in [0.25, 0.3) is 5.91 Å². The molecule has 4 nitrogen and oxygen atoms in total. The number of rotatable bonds is 5. The second-order valence-corrected chi connectivity index (χ2v) is 8.20. The summed E-state index contributed by atoms with van der Waals surface area (Å²) in [5, 5.41) is 10.0. The maximum atomic E-state index is 12.5. The van der Waals surface area contributed by atoms with Crippen molar-refractivity contribution in [1.29, 1.82) is 0 Å². The Balaban J connectivity index is 1.28. The van der Waals surface area contributed by atoms with E-state index in [1.54, 1.807) is 11.3 Å². The number of carbonyl (C=O) groups excluding carboxylic acids is 1. The molecule has 1 saturated heterocycles. The van der Waals surface area contributed by atoms with Crippen LogP contribution in [0.25, 0.3) is 10.6 Å². The van der Waals surface area contributed by atoms with Crippen molar-refractivity contribution in [3.05, 3.63) is 63.8 Å². The SMILES string of the molecule is O=C(NC1CCN(Cc2ccccc2)CC1)c1csc(-c2ccsc2)n1. The first-order chi connectivity index (χ1) is 12.8. The number of likely N-dealkylation sites (tertiary alicyclic amines) is 1. The molecule has 1 N–H and O–H groups in total. The molecule has 0 unspecified atom stereocenters. The van der Waals surface area contributed by atoms with Gasteiger partial charge in [0.1, 0.15) is 10.7 Å². The van der Waals surface area contributed by atoms with E-state index in [2.05, 4.69) is 44.8 Å². The van der Waals surface area contributed by atoms with Crippen molar-refractivity contribution >= 4 is 28.6 Å². The Morgan fingerprint density at radius 3 is 2.69 bits per heavy atom. The Kier molecular flexibility index (Phi) is 5.43. The van der Waals surface area contributed by atoms with Crippen LogP contribution < -0.4 is 5.32 Å². The van der Waals surface area contributed by atoms with Crippen LogP contribution in [0.1, 0.15) is 28.9 Å². The maximum absolute atomic E-state index is 12.5. The highest BCUT2D eigenvalue weighted by Crippen LogP contribution is 2.25. The molecule has 2 aromatic heterocycles. The molecule has 1 aliphatic heterocycles. The molecule has 0 spiro atoms. The van der Waals surface area contributed by atoms with E-state index in [1.165, 1.54) is 16.9 Å². The quantitative estimate of drug-likeness (QED) is 0.716. The second-order valence-electron chi connectivity index (χ2n) is 6.56. The average molecular weight is 384 g/mol. The molecule has 0 atom stereocenters. The highest BCUT2D eigenvalue weighted by Gasteiger charge is 2.22. The molecule has 0 radical (unpaired) electrons. The fourth-order valence-corrected chi connectivity index (χ4v) is 4.75. The third-order valence-electron chi connectivity index (χ3n) is 4.68. The zero-order valence-corrected chi connectivity index (χ0v) is 16.1. The van der Waals surface area contributed by atoms with Crippen molar-refractivity contribution in [2.75, 3.05) is 13.1 Å². The summed E-state index contributed by atoms with van der Waals surface area (Å²) in [6.07, 6.45) is 1.97. The van der Waals surface area contributed by atoms with Crippen LogP contribution in [0.15, 0.2) is 52.5 Å². The van der Waals surface area contributed by atoms with Gasteiger partial charge < -0.3 is 5.32 Å². The molecule has 3 aromatic rings. The smallest absolute Gasteiger partial charge is 0.270 e. The van der Waals surface area contributed by atoms with Crippen LogP contribution in [0.5, 0.6) is 0 Å². The summed E-state index contributed by atoms with van der Waals surface area (Å²) in [6.45, 7) is 3.01. The molecule has 134 valence electrons. The zero-order chi connectivity index (χ0) is 17.8. The Hall–Kier alpha value is -2.02. The number of hydrogen-bond acceptors (Lipinski definition) is 5. The van der Waals surface area contributed by atoms with E-state index >= 15 is 0 Å². The van der Waals surface area contributed by atoms with Crippen LogP contribution in [0.4, 0.5) is 0 Å². The topological polar surface area (TPSA) is 45.2 Å². The van der Waals surface area contributed by atoms with Gasteiger partial charge in [-0.1, -0.05) is 30.3 Å². The van der Waals surface area contributed by atoms with Crippen molar-refractivity contribution in [1.82, 2.24) is 15.2 Å². The lowest BCUT2D eigenvalue weighted by molar-refractivity contribution is 0.0904. The number of aromatic nitrogens is 1. The van der Waals surface area contributed by atoms with Gasteiger partial charge in [-0.05, 0) is 29.9 Å². The van der Waals surface area contributed by atoms with Crippen LogP contribution in [0, 0.1) is 0 Å². The number of hydrogen-bond donors (Lipinski definition) is 1. The summed E-state index contributed by atoms with van der Waals surface area (Å²) >= 11 is 3.17. The number of amides is 1. The summed E-state index contributed by atoms with van der Waals surface area (Å²) in [5.74, 6) is -0.0516. The predicted molar refractivity (Wildman–Crippen MR) is 108 cm³/mol. The van der Waals surface area contributed by atoms with Gasteiger partial charge in [-0.3, -0.25) is 9.69 Å². The number of thiophene rings is 1. The van der Waals surface area contributed by atoms with Crippen LogP contribution >= 0.6 is 22.7 Å². The van der Waals surface area contributed by atoms with Crippen LogP contribution in [-0.2, 0) is 6.54 Å². The minimum Gasteiger partial charge on any atom is -0.348 e. The van der Waals surface area contributed by atoms with Crippen LogP contribution in [0.2, 0.25) is 0 Å². The third-order valence-corrected chi connectivity index (χ3v) is 6.25. The average Bonchev–Trinajstić information content (AvgIpc) is 3.36. The zero-order valence-electron chi connectivity index (χ0n) is 14.4. The van der Waals surface area contributed by atoms with Crippen LogP contribution in [-0.4, -0.2) is 34.9 Å². The van der Waals surface area contributed by atoms with Gasteiger partial charge in [0.15, 0.2) is 0 Å². The summed E-state index contributed by atoms with van der Waals surface area (Å²) in [5.41, 5.74) is 2.97. The Morgan fingerprint density at radius 2 is 1.96 bits per heavy atom. The lowest BCUT2D eigenvalue weighted by atomic mass is 10.0. The third kappa shape index (κ3) is 4.20. The highest BCUT2D eigenvalue weighted by atomic mass is 32.1. The van der Waals surface area contributed by atoms with E-state index in [0.29, 0.717) is 5.69 Å². The van der Waals surface area contributed by atoms with Gasteiger partial charge in [0.2, 0.25) is 0 Å². The molecule has 1 aromatic carbocycles. The molecule has 1 amide bonds. The van der Waals surface area contributed by atoms with E-state index < -0.39 is 0 Å². The first-order valence-corrected chi connectivity index (χ1v) is 10.7. The molecule has 3 heterocycles. The molecular weight excluding hydrogens is 362 g/mol. The van der Waals surface area contributed by atoms with Gasteiger partial charge in [0.05, 0.1) is 0 Å². The molecule has 0 aliphatic carbocycles. The Labute approximate surface area is 161 Å². The van der Waals surface area contributed by atoms with E-state index in [4.69, 9.17) is 0 Å².